The van der Waals surface area contributed by atoms with Gasteiger partial charge in [-0.3, -0.25) is 4.79 Å². The smallest absolute Gasteiger partial charge is 0.409 e. The lowest BCUT2D eigenvalue weighted by Crippen LogP contribution is -2.50. The van der Waals surface area contributed by atoms with Crippen LogP contribution in [0.5, 0.6) is 0 Å². The van der Waals surface area contributed by atoms with E-state index in [4.69, 9.17) is 4.74 Å². The highest BCUT2D eigenvalue weighted by atomic mass is 32.1. The fraction of sp³-hybridized carbons (Fsp3) is 0.538. The van der Waals surface area contributed by atoms with Crippen LogP contribution in [-0.4, -0.2) is 54.6 Å². The number of ether oxygens (including phenoxy) is 1. The molecule has 1 aliphatic rings. The summed E-state index contributed by atoms with van der Waals surface area (Å²) in [6.45, 7) is 6.32. The Bertz CT molecular complexity index is 464. The molecule has 1 aromatic rings. The lowest BCUT2D eigenvalue weighted by Gasteiger charge is -2.33. The number of piperazine rings is 1. The highest BCUT2D eigenvalue weighted by molar-refractivity contribution is 7.12. The van der Waals surface area contributed by atoms with E-state index in [9.17, 15) is 9.59 Å². The summed E-state index contributed by atoms with van der Waals surface area (Å²) in [4.78, 5) is 28.1. The van der Waals surface area contributed by atoms with Crippen LogP contribution >= 0.6 is 11.3 Å². The lowest BCUT2D eigenvalue weighted by molar-refractivity contribution is 0.0573. The fourth-order valence-corrected chi connectivity index (χ4v) is 2.93. The van der Waals surface area contributed by atoms with Crippen molar-refractivity contribution >= 4 is 23.3 Å². The van der Waals surface area contributed by atoms with E-state index in [1.165, 1.54) is 11.3 Å². The Morgan fingerprint density at radius 1 is 1.26 bits per heavy atom. The lowest BCUT2D eigenvalue weighted by atomic mass is 10.2. The summed E-state index contributed by atoms with van der Waals surface area (Å²) in [6, 6.07) is 1.95. The minimum atomic E-state index is -0.290. The number of thiophene rings is 1. The van der Waals surface area contributed by atoms with Crippen LogP contribution < -0.4 is 0 Å². The summed E-state index contributed by atoms with van der Waals surface area (Å²) >= 11 is 1.47. The molecule has 0 saturated carbocycles. The first kappa shape index (κ1) is 13.9. The Kier molecular flexibility index (Phi) is 4.42. The summed E-state index contributed by atoms with van der Waals surface area (Å²) in [6.07, 6.45) is -0.290. The van der Waals surface area contributed by atoms with E-state index in [0.717, 1.165) is 10.4 Å². The number of aryl methyl sites for hydroxylation is 1. The molecule has 1 aliphatic heterocycles. The SMILES string of the molecule is CCOC(=O)N1CCN(C(=O)c2sccc2C)CC1. The van der Waals surface area contributed by atoms with Crippen LogP contribution in [0.4, 0.5) is 4.79 Å². The van der Waals surface area contributed by atoms with Crippen molar-refractivity contribution in [3.63, 3.8) is 0 Å². The van der Waals surface area contributed by atoms with Gasteiger partial charge >= 0.3 is 6.09 Å². The molecule has 2 amide bonds. The molecular weight excluding hydrogens is 264 g/mol. The van der Waals surface area contributed by atoms with Gasteiger partial charge in [-0.2, -0.15) is 0 Å². The molecule has 0 N–H and O–H groups in total. The van der Waals surface area contributed by atoms with E-state index in [0.29, 0.717) is 32.8 Å². The predicted octanol–water partition coefficient (Wildman–Crippen LogP) is 1.97. The maximum atomic E-state index is 12.3. The average Bonchev–Trinajstić information content (AvgIpc) is 2.84. The third kappa shape index (κ3) is 3.07. The van der Waals surface area contributed by atoms with Gasteiger partial charge in [0, 0.05) is 26.2 Å². The Hall–Kier alpha value is -1.56. The standard InChI is InChI=1S/C13H18N2O3S/c1-3-18-13(17)15-7-5-14(6-8-15)12(16)11-10(2)4-9-19-11/h4,9H,3,5-8H2,1-2H3. The summed E-state index contributed by atoms with van der Waals surface area (Å²) in [5, 5.41) is 1.93. The summed E-state index contributed by atoms with van der Waals surface area (Å²) in [5.41, 5.74) is 1.02. The van der Waals surface area contributed by atoms with E-state index in [1.807, 2.05) is 18.4 Å². The van der Waals surface area contributed by atoms with E-state index < -0.39 is 0 Å². The number of rotatable bonds is 2. The third-order valence-corrected chi connectivity index (χ3v) is 4.15. The second kappa shape index (κ2) is 6.06. The van der Waals surface area contributed by atoms with Crippen LogP contribution in [0.2, 0.25) is 0 Å². The van der Waals surface area contributed by atoms with Crippen molar-refractivity contribution < 1.29 is 14.3 Å². The molecule has 0 radical (unpaired) electrons. The summed E-state index contributed by atoms with van der Waals surface area (Å²) < 4.78 is 4.95. The normalized spacial score (nSPS) is 15.5. The maximum absolute atomic E-state index is 12.3. The molecule has 1 aromatic heterocycles. The Labute approximate surface area is 116 Å². The van der Waals surface area contributed by atoms with Crippen molar-refractivity contribution in [1.82, 2.24) is 9.80 Å². The van der Waals surface area contributed by atoms with Gasteiger partial charge in [-0.05, 0) is 30.9 Å². The fourth-order valence-electron chi connectivity index (χ4n) is 2.04. The topological polar surface area (TPSA) is 49.9 Å². The highest BCUT2D eigenvalue weighted by Crippen LogP contribution is 2.19. The first-order valence-corrected chi connectivity index (χ1v) is 7.26. The molecule has 1 fully saturated rings. The Morgan fingerprint density at radius 2 is 1.89 bits per heavy atom. The highest BCUT2D eigenvalue weighted by Gasteiger charge is 2.26. The third-order valence-electron chi connectivity index (χ3n) is 3.15. The number of carbonyl (C=O) groups is 2. The zero-order valence-corrected chi connectivity index (χ0v) is 12.0. The van der Waals surface area contributed by atoms with Crippen LogP contribution in [-0.2, 0) is 4.74 Å². The van der Waals surface area contributed by atoms with Crippen molar-refractivity contribution in [3.05, 3.63) is 21.9 Å². The van der Waals surface area contributed by atoms with Gasteiger partial charge in [0.1, 0.15) is 0 Å². The van der Waals surface area contributed by atoms with Gasteiger partial charge in [-0.15, -0.1) is 11.3 Å². The monoisotopic (exact) mass is 282 g/mol. The van der Waals surface area contributed by atoms with E-state index in [1.54, 1.807) is 16.7 Å². The quantitative estimate of drug-likeness (QED) is 0.833. The molecule has 19 heavy (non-hydrogen) atoms. The molecule has 2 heterocycles. The van der Waals surface area contributed by atoms with Crippen molar-refractivity contribution in [2.24, 2.45) is 0 Å². The van der Waals surface area contributed by atoms with Gasteiger partial charge in [0.25, 0.3) is 5.91 Å². The molecule has 6 heteroatoms. The molecule has 2 rings (SSSR count). The molecule has 104 valence electrons. The van der Waals surface area contributed by atoms with Gasteiger partial charge in [-0.1, -0.05) is 0 Å². The number of hydrogen-bond acceptors (Lipinski definition) is 4. The number of carbonyl (C=O) groups excluding carboxylic acids is 2. The molecule has 0 bridgehead atoms. The molecule has 0 aliphatic carbocycles. The number of nitrogens with zero attached hydrogens (tertiary/aromatic N) is 2. The molecule has 0 aromatic carbocycles. The van der Waals surface area contributed by atoms with Gasteiger partial charge < -0.3 is 14.5 Å². The minimum Gasteiger partial charge on any atom is -0.450 e. The van der Waals surface area contributed by atoms with Crippen molar-refractivity contribution in [2.75, 3.05) is 32.8 Å². The molecule has 0 atom stereocenters. The van der Waals surface area contributed by atoms with Gasteiger partial charge in [0.2, 0.25) is 0 Å². The van der Waals surface area contributed by atoms with Crippen molar-refractivity contribution in [1.29, 1.82) is 0 Å². The van der Waals surface area contributed by atoms with Crippen LogP contribution in [0.25, 0.3) is 0 Å². The number of hydrogen-bond donors (Lipinski definition) is 0. The molecule has 0 unspecified atom stereocenters. The van der Waals surface area contributed by atoms with Crippen LogP contribution in [0.3, 0.4) is 0 Å². The average molecular weight is 282 g/mol. The zero-order chi connectivity index (χ0) is 13.8. The first-order valence-electron chi connectivity index (χ1n) is 6.38. The minimum absolute atomic E-state index is 0.0657. The molecule has 1 saturated heterocycles. The van der Waals surface area contributed by atoms with Crippen molar-refractivity contribution in [2.45, 2.75) is 13.8 Å². The number of amides is 2. The van der Waals surface area contributed by atoms with E-state index in [2.05, 4.69) is 0 Å². The second-order valence-electron chi connectivity index (χ2n) is 4.41. The Balaban J connectivity index is 1.92. The van der Waals surface area contributed by atoms with Crippen LogP contribution in [0.15, 0.2) is 11.4 Å². The van der Waals surface area contributed by atoms with Gasteiger partial charge in [-0.25, -0.2) is 4.79 Å². The van der Waals surface area contributed by atoms with Crippen LogP contribution in [0.1, 0.15) is 22.2 Å². The first-order chi connectivity index (χ1) is 9.13. The molecule has 5 nitrogen and oxygen atoms in total. The second-order valence-corrected chi connectivity index (χ2v) is 5.33. The summed E-state index contributed by atoms with van der Waals surface area (Å²) in [7, 11) is 0. The van der Waals surface area contributed by atoms with Gasteiger partial charge in [0.05, 0.1) is 11.5 Å². The maximum Gasteiger partial charge on any atom is 0.409 e. The van der Waals surface area contributed by atoms with E-state index in [-0.39, 0.29) is 12.0 Å². The largest absolute Gasteiger partial charge is 0.450 e. The Morgan fingerprint density at radius 3 is 2.42 bits per heavy atom. The molecule has 0 spiro atoms. The zero-order valence-electron chi connectivity index (χ0n) is 11.2. The predicted molar refractivity (Wildman–Crippen MR) is 73.6 cm³/mol. The van der Waals surface area contributed by atoms with Crippen LogP contribution in [0, 0.1) is 6.92 Å². The van der Waals surface area contributed by atoms with Gasteiger partial charge in [0.15, 0.2) is 0 Å². The molecular formula is C13H18N2O3S. The summed E-state index contributed by atoms with van der Waals surface area (Å²) in [5.74, 6) is 0.0657. The van der Waals surface area contributed by atoms with E-state index >= 15 is 0 Å². The van der Waals surface area contributed by atoms with Crippen molar-refractivity contribution in [3.8, 4) is 0 Å².